The molecule has 0 N–H and O–H groups in total. The summed E-state index contributed by atoms with van der Waals surface area (Å²) < 4.78 is 42.0. The second kappa shape index (κ2) is 6.95. The SMILES string of the molecule is CC(=O)c1sc(C2=NO[C@@](c3cc(Cl)c(Cl)c(Cl)c3)(C(F)(F)F)C2)cc1C. The Morgan fingerprint density at radius 2 is 1.81 bits per heavy atom. The molecule has 1 aliphatic heterocycles. The minimum atomic E-state index is -4.80. The average Bonchev–Trinajstić information content (AvgIpc) is 3.16. The lowest BCUT2D eigenvalue weighted by molar-refractivity contribution is -0.275. The summed E-state index contributed by atoms with van der Waals surface area (Å²) >= 11 is 18.7. The third kappa shape index (κ3) is 3.46. The fourth-order valence-corrected chi connectivity index (χ4v) is 4.44. The van der Waals surface area contributed by atoms with Crippen molar-refractivity contribution in [2.24, 2.45) is 5.16 Å². The Hall–Kier alpha value is -1.28. The van der Waals surface area contributed by atoms with Crippen LogP contribution in [0.4, 0.5) is 13.2 Å². The monoisotopic (exact) mass is 455 g/mol. The molecule has 27 heavy (non-hydrogen) atoms. The third-order valence-electron chi connectivity index (χ3n) is 4.16. The van der Waals surface area contributed by atoms with Gasteiger partial charge in [-0.25, -0.2) is 0 Å². The number of Topliss-reactive ketones (excluding diaryl/α,β-unsaturated/α-hetero) is 1. The van der Waals surface area contributed by atoms with Crippen LogP contribution in [0.2, 0.25) is 15.1 Å². The van der Waals surface area contributed by atoms with Crippen LogP contribution in [-0.2, 0) is 10.4 Å². The quantitative estimate of drug-likeness (QED) is 0.376. The van der Waals surface area contributed by atoms with Crippen molar-refractivity contribution in [2.75, 3.05) is 0 Å². The highest BCUT2D eigenvalue weighted by Gasteiger charge is 2.62. The van der Waals surface area contributed by atoms with Crippen molar-refractivity contribution in [1.29, 1.82) is 0 Å². The molecule has 0 saturated carbocycles. The Labute approximate surface area is 171 Å². The first-order valence-electron chi connectivity index (χ1n) is 7.55. The fraction of sp³-hybridized carbons (Fsp3) is 0.294. The predicted molar refractivity (Wildman–Crippen MR) is 101 cm³/mol. The molecular formula is C17H11Cl3F3NO2S. The number of carbonyl (C=O) groups excluding carboxylic acids is 1. The van der Waals surface area contributed by atoms with Crippen molar-refractivity contribution < 1.29 is 22.8 Å². The summed E-state index contributed by atoms with van der Waals surface area (Å²) in [6, 6.07) is 3.77. The Morgan fingerprint density at radius 1 is 1.22 bits per heavy atom. The van der Waals surface area contributed by atoms with Gasteiger partial charge in [-0.1, -0.05) is 40.0 Å². The molecule has 10 heteroatoms. The van der Waals surface area contributed by atoms with Gasteiger partial charge in [0, 0.05) is 5.56 Å². The molecule has 144 valence electrons. The lowest BCUT2D eigenvalue weighted by Gasteiger charge is -2.29. The summed E-state index contributed by atoms with van der Waals surface area (Å²) in [5, 5.41) is 3.39. The summed E-state index contributed by atoms with van der Waals surface area (Å²) in [5.74, 6) is -0.165. The molecule has 1 aromatic carbocycles. The molecule has 0 amide bonds. The molecule has 1 aliphatic rings. The van der Waals surface area contributed by atoms with E-state index in [1.807, 2.05) is 0 Å². The van der Waals surface area contributed by atoms with Gasteiger partial charge < -0.3 is 4.84 Å². The molecule has 3 rings (SSSR count). The number of hydrogen-bond acceptors (Lipinski definition) is 4. The van der Waals surface area contributed by atoms with Crippen molar-refractivity contribution in [1.82, 2.24) is 0 Å². The number of carbonyl (C=O) groups is 1. The lowest BCUT2D eigenvalue weighted by atomic mass is 9.88. The Morgan fingerprint density at radius 3 is 2.30 bits per heavy atom. The number of oxime groups is 1. The number of alkyl halides is 3. The predicted octanol–water partition coefficient (Wildman–Crippen LogP) is 6.80. The zero-order valence-electron chi connectivity index (χ0n) is 13.9. The van der Waals surface area contributed by atoms with Crippen molar-refractivity contribution in [3.05, 3.63) is 54.1 Å². The van der Waals surface area contributed by atoms with Gasteiger partial charge in [-0.3, -0.25) is 4.79 Å². The van der Waals surface area contributed by atoms with Crippen LogP contribution in [0.1, 0.15) is 39.0 Å². The van der Waals surface area contributed by atoms with Gasteiger partial charge in [-0.05, 0) is 37.6 Å². The first-order valence-corrected chi connectivity index (χ1v) is 9.50. The van der Waals surface area contributed by atoms with Gasteiger partial charge in [0.05, 0.1) is 31.2 Å². The number of thiophene rings is 1. The van der Waals surface area contributed by atoms with E-state index in [2.05, 4.69) is 5.16 Å². The second-order valence-corrected chi connectivity index (χ2v) is 8.31. The normalized spacial score (nSPS) is 19.8. The molecule has 1 atom stereocenters. The molecule has 0 spiro atoms. The minimum absolute atomic E-state index is 0.0430. The highest BCUT2D eigenvalue weighted by atomic mass is 35.5. The Bertz CT molecular complexity index is 948. The van der Waals surface area contributed by atoms with E-state index in [1.165, 1.54) is 6.92 Å². The van der Waals surface area contributed by atoms with E-state index in [1.54, 1.807) is 13.0 Å². The van der Waals surface area contributed by atoms with E-state index in [0.717, 1.165) is 23.5 Å². The van der Waals surface area contributed by atoms with Crippen LogP contribution < -0.4 is 0 Å². The summed E-state index contributed by atoms with van der Waals surface area (Å²) in [5.41, 5.74) is -2.27. The molecule has 0 fully saturated rings. The van der Waals surface area contributed by atoms with Crippen molar-refractivity contribution in [3.63, 3.8) is 0 Å². The van der Waals surface area contributed by atoms with Gasteiger partial charge in [0.1, 0.15) is 5.71 Å². The molecular weight excluding hydrogens is 446 g/mol. The summed E-state index contributed by atoms with van der Waals surface area (Å²) in [6.45, 7) is 3.11. The van der Waals surface area contributed by atoms with Gasteiger partial charge in [0.15, 0.2) is 5.78 Å². The summed E-state index contributed by atoms with van der Waals surface area (Å²) in [4.78, 5) is 17.5. The van der Waals surface area contributed by atoms with E-state index >= 15 is 0 Å². The van der Waals surface area contributed by atoms with Crippen molar-refractivity contribution in [3.8, 4) is 0 Å². The lowest BCUT2D eigenvalue weighted by Crippen LogP contribution is -2.42. The first-order chi connectivity index (χ1) is 12.5. The topological polar surface area (TPSA) is 38.7 Å². The number of ketones is 1. The maximum absolute atomic E-state index is 14.0. The largest absolute Gasteiger partial charge is 0.435 e. The fourth-order valence-electron chi connectivity index (χ4n) is 2.80. The van der Waals surface area contributed by atoms with Crippen LogP contribution >= 0.6 is 46.1 Å². The van der Waals surface area contributed by atoms with E-state index < -0.39 is 18.2 Å². The van der Waals surface area contributed by atoms with Crippen LogP contribution in [0.5, 0.6) is 0 Å². The Balaban J connectivity index is 2.06. The minimum Gasteiger partial charge on any atom is -0.374 e. The molecule has 3 nitrogen and oxygen atoms in total. The summed E-state index contributed by atoms with van der Waals surface area (Å²) in [6.07, 6.45) is -5.38. The van der Waals surface area contributed by atoms with Crippen LogP contribution in [0.15, 0.2) is 23.4 Å². The Kier molecular flexibility index (Phi) is 5.27. The van der Waals surface area contributed by atoms with E-state index in [0.29, 0.717) is 15.3 Å². The number of halogens is 6. The average molecular weight is 457 g/mol. The highest BCUT2D eigenvalue weighted by molar-refractivity contribution is 7.16. The first kappa shape index (κ1) is 20.5. The van der Waals surface area contributed by atoms with Gasteiger partial charge in [-0.2, -0.15) is 13.2 Å². The van der Waals surface area contributed by atoms with Crippen LogP contribution in [-0.4, -0.2) is 17.7 Å². The molecule has 0 saturated heterocycles. The zero-order chi connectivity index (χ0) is 20.1. The number of aryl methyl sites for hydroxylation is 1. The van der Waals surface area contributed by atoms with E-state index in [-0.39, 0.29) is 32.1 Å². The molecule has 0 unspecified atom stereocenters. The molecule has 1 aromatic heterocycles. The maximum Gasteiger partial charge on any atom is 0.435 e. The second-order valence-electron chi connectivity index (χ2n) is 6.06. The van der Waals surface area contributed by atoms with Crippen LogP contribution in [0.3, 0.4) is 0 Å². The standard InChI is InChI=1S/C17H11Cl3F3NO2S/c1-7-3-13(27-15(7)8(2)25)12-6-16(26-24-12,17(21,22)23)9-4-10(18)14(20)11(19)5-9/h3-5H,6H2,1-2H3/t16-/m0/s1. The van der Waals surface area contributed by atoms with E-state index in [9.17, 15) is 18.0 Å². The number of nitrogens with zero attached hydrogens (tertiary/aromatic N) is 1. The highest BCUT2D eigenvalue weighted by Crippen LogP contribution is 2.51. The van der Waals surface area contributed by atoms with Gasteiger partial charge in [0.25, 0.3) is 5.60 Å². The molecule has 2 heterocycles. The van der Waals surface area contributed by atoms with Crippen molar-refractivity contribution >= 4 is 57.6 Å². The van der Waals surface area contributed by atoms with Gasteiger partial charge in [0.2, 0.25) is 0 Å². The third-order valence-corrected chi connectivity index (χ3v) is 6.74. The zero-order valence-corrected chi connectivity index (χ0v) is 17.0. The van der Waals surface area contributed by atoms with Gasteiger partial charge in [-0.15, -0.1) is 11.3 Å². The smallest absolute Gasteiger partial charge is 0.374 e. The van der Waals surface area contributed by atoms with Gasteiger partial charge >= 0.3 is 6.18 Å². The maximum atomic E-state index is 14.0. The summed E-state index contributed by atoms with van der Waals surface area (Å²) in [7, 11) is 0. The molecule has 0 bridgehead atoms. The number of hydrogen-bond donors (Lipinski definition) is 0. The van der Waals surface area contributed by atoms with Crippen LogP contribution in [0.25, 0.3) is 0 Å². The number of benzene rings is 1. The van der Waals surface area contributed by atoms with Crippen LogP contribution in [0, 0.1) is 6.92 Å². The molecule has 0 aliphatic carbocycles. The van der Waals surface area contributed by atoms with E-state index in [4.69, 9.17) is 39.6 Å². The molecule has 2 aromatic rings. The molecule has 0 radical (unpaired) electrons. The number of rotatable bonds is 3. The van der Waals surface area contributed by atoms with Crippen molar-refractivity contribution in [2.45, 2.75) is 32.0 Å².